The van der Waals surface area contributed by atoms with Crippen molar-refractivity contribution in [3.63, 3.8) is 0 Å². The molecule has 0 aliphatic heterocycles. The van der Waals surface area contributed by atoms with Crippen LogP contribution in [-0.4, -0.2) is 22.8 Å². The smallest absolute Gasteiger partial charge is 0.255 e. The van der Waals surface area contributed by atoms with E-state index in [9.17, 15) is 9.59 Å². The van der Waals surface area contributed by atoms with Gasteiger partial charge in [-0.3, -0.25) is 9.59 Å². The molecule has 0 bridgehead atoms. The molecule has 1 aliphatic rings. The maximum atomic E-state index is 12.3. The third-order valence-electron chi connectivity index (χ3n) is 4.12. The normalized spacial score (nSPS) is 15.1. The van der Waals surface area contributed by atoms with Crippen molar-refractivity contribution in [2.45, 2.75) is 31.7 Å². The zero-order valence-corrected chi connectivity index (χ0v) is 13.6. The number of hydrogen-bond donors (Lipinski definition) is 2. The van der Waals surface area contributed by atoms with Gasteiger partial charge in [-0.05, 0) is 44.0 Å². The number of oxazole rings is 1. The van der Waals surface area contributed by atoms with Crippen molar-refractivity contribution in [3.8, 4) is 0 Å². The lowest BCUT2D eigenvalue weighted by molar-refractivity contribution is -0.117. The van der Waals surface area contributed by atoms with Crippen LogP contribution in [0.5, 0.6) is 0 Å². The van der Waals surface area contributed by atoms with Crippen LogP contribution in [0.25, 0.3) is 11.1 Å². The molecule has 7 heteroatoms. The van der Waals surface area contributed by atoms with Crippen LogP contribution in [0.2, 0.25) is 0 Å². The van der Waals surface area contributed by atoms with Crippen LogP contribution in [0, 0.1) is 0 Å². The van der Waals surface area contributed by atoms with Gasteiger partial charge in [-0.1, -0.05) is 0 Å². The minimum atomic E-state index is -0.697. The van der Waals surface area contributed by atoms with E-state index in [1.54, 1.807) is 25.1 Å². The molecule has 1 atom stereocenters. The van der Waals surface area contributed by atoms with Crippen molar-refractivity contribution >= 4 is 28.6 Å². The predicted octanol–water partition coefficient (Wildman–Crippen LogP) is 3.06. The van der Waals surface area contributed by atoms with Crippen LogP contribution in [0.3, 0.4) is 0 Å². The highest BCUT2D eigenvalue weighted by Crippen LogP contribution is 2.40. The minimum Gasteiger partial charge on any atom is -0.472 e. The summed E-state index contributed by atoms with van der Waals surface area (Å²) in [7, 11) is 0. The fraction of sp³-hybridized carbons (Fsp3) is 0.278. The van der Waals surface area contributed by atoms with Gasteiger partial charge in [-0.15, -0.1) is 0 Å². The van der Waals surface area contributed by atoms with E-state index in [1.165, 1.54) is 18.6 Å². The molecule has 1 aliphatic carbocycles. The maximum Gasteiger partial charge on any atom is 0.255 e. The van der Waals surface area contributed by atoms with Crippen LogP contribution < -0.4 is 10.6 Å². The summed E-state index contributed by atoms with van der Waals surface area (Å²) in [4.78, 5) is 28.7. The monoisotopic (exact) mass is 339 g/mol. The first-order valence-corrected chi connectivity index (χ1v) is 8.14. The Balaban J connectivity index is 1.42. The van der Waals surface area contributed by atoms with Gasteiger partial charge in [0.1, 0.15) is 17.8 Å². The molecule has 2 amide bonds. The molecule has 3 aromatic rings. The second-order valence-electron chi connectivity index (χ2n) is 6.21. The third kappa shape index (κ3) is 3.26. The lowest BCUT2D eigenvalue weighted by Gasteiger charge is -2.13. The Labute approximate surface area is 143 Å². The van der Waals surface area contributed by atoms with Crippen molar-refractivity contribution < 1.29 is 18.4 Å². The molecular weight excluding hydrogens is 322 g/mol. The number of hydrogen-bond acceptors (Lipinski definition) is 5. The number of carbonyl (C=O) groups is 2. The van der Waals surface area contributed by atoms with Gasteiger partial charge in [0.25, 0.3) is 5.91 Å². The van der Waals surface area contributed by atoms with E-state index in [4.69, 9.17) is 8.83 Å². The summed E-state index contributed by atoms with van der Waals surface area (Å²) in [5.74, 6) is 0.516. The minimum absolute atomic E-state index is 0.317. The maximum absolute atomic E-state index is 12.3. The van der Waals surface area contributed by atoms with Gasteiger partial charge < -0.3 is 19.5 Å². The first-order valence-electron chi connectivity index (χ1n) is 8.14. The lowest BCUT2D eigenvalue weighted by Crippen LogP contribution is -2.41. The highest BCUT2D eigenvalue weighted by Gasteiger charge is 2.29. The SMILES string of the molecule is C[C@@H](NC(=O)c1ccoc1)C(=O)Nc1ccc2oc(C3CC3)nc2c1. The molecular formula is C18H17N3O4. The molecule has 2 aromatic heterocycles. The third-order valence-corrected chi connectivity index (χ3v) is 4.12. The molecule has 0 saturated heterocycles. The van der Waals surface area contributed by atoms with Gasteiger partial charge in [-0.25, -0.2) is 4.98 Å². The van der Waals surface area contributed by atoms with Gasteiger partial charge in [0.05, 0.1) is 11.8 Å². The number of benzene rings is 1. The molecule has 25 heavy (non-hydrogen) atoms. The van der Waals surface area contributed by atoms with Crippen LogP contribution in [0.4, 0.5) is 5.69 Å². The molecule has 1 fully saturated rings. The predicted molar refractivity (Wildman–Crippen MR) is 90.2 cm³/mol. The summed E-state index contributed by atoms with van der Waals surface area (Å²) in [6, 6.07) is 6.16. The standard InChI is InChI=1S/C18H17N3O4/c1-10(19-17(23)12-6-7-24-9-12)16(22)20-13-4-5-15-14(8-13)21-18(25-15)11-2-3-11/h4-11H,2-3H2,1H3,(H,19,23)(H,20,22)/t10-/m1/s1. The van der Waals surface area contributed by atoms with Crippen molar-refractivity contribution in [2.24, 2.45) is 0 Å². The van der Waals surface area contributed by atoms with E-state index < -0.39 is 6.04 Å². The van der Waals surface area contributed by atoms with E-state index in [2.05, 4.69) is 15.6 Å². The second-order valence-corrected chi connectivity index (χ2v) is 6.21. The number of amides is 2. The lowest BCUT2D eigenvalue weighted by atomic mass is 10.2. The van der Waals surface area contributed by atoms with Crippen molar-refractivity contribution in [1.82, 2.24) is 10.3 Å². The van der Waals surface area contributed by atoms with E-state index in [1.807, 2.05) is 0 Å². The quantitative estimate of drug-likeness (QED) is 0.744. The van der Waals surface area contributed by atoms with Gasteiger partial charge in [0, 0.05) is 11.6 Å². The second kappa shape index (κ2) is 6.08. The topological polar surface area (TPSA) is 97.4 Å². The summed E-state index contributed by atoms with van der Waals surface area (Å²) in [6.07, 6.45) is 4.97. The fourth-order valence-corrected chi connectivity index (χ4v) is 2.52. The summed E-state index contributed by atoms with van der Waals surface area (Å²) >= 11 is 0. The Hall–Kier alpha value is -3.09. The van der Waals surface area contributed by atoms with Crippen LogP contribution in [0.1, 0.15) is 41.9 Å². The number of rotatable bonds is 5. The van der Waals surface area contributed by atoms with Crippen LogP contribution >= 0.6 is 0 Å². The van der Waals surface area contributed by atoms with E-state index in [0.717, 1.165) is 24.2 Å². The van der Waals surface area contributed by atoms with Crippen LogP contribution in [-0.2, 0) is 4.79 Å². The zero-order valence-electron chi connectivity index (χ0n) is 13.6. The Bertz CT molecular complexity index is 925. The molecule has 1 aromatic carbocycles. The van der Waals surface area contributed by atoms with E-state index >= 15 is 0 Å². The van der Waals surface area contributed by atoms with Gasteiger partial charge in [0.15, 0.2) is 11.5 Å². The number of furan rings is 1. The van der Waals surface area contributed by atoms with Gasteiger partial charge in [0.2, 0.25) is 5.91 Å². The van der Waals surface area contributed by atoms with Crippen LogP contribution in [0.15, 0.2) is 45.6 Å². The number of fused-ring (bicyclic) bond motifs is 1. The number of carbonyl (C=O) groups excluding carboxylic acids is 2. The first-order chi connectivity index (χ1) is 12.1. The van der Waals surface area contributed by atoms with Crippen molar-refractivity contribution in [3.05, 3.63) is 48.2 Å². The highest BCUT2D eigenvalue weighted by atomic mass is 16.3. The highest BCUT2D eigenvalue weighted by molar-refractivity contribution is 6.01. The van der Waals surface area contributed by atoms with E-state index in [-0.39, 0.29) is 11.8 Å². The molecule has 2 N–H and O–H groups in total. The summed E-state index contributed by atoms with van der Waals surface area (Å²) in [6.45, 7) is 1.62. The molecule has 1 saturated carbocycles. The summed E-state index contributed by atoms with van der Waals surface area (Å²) in [5.41, 5.74) is 2.41. The van der Waals surface area contributed by atoms with Crippen molar-refractivity contribution in [1.29, 1.82) is 0 Å². The molecule has 0 radical (unpaired) electrons. The molecule has 0 unspecified atom stereocenters. The molecule has 128 valence electrons. The van der Waals surface area contributed by atoms with Gasteiger partial charge in [-0.2, -0.15) is 0 Å². The Morgan fingerprint density at radius 1 is 1.28 bits per heavy atom. The summed E-state index contributed by atoms with van der Waals surface area (Å²) < 4.78 is 10.6. The number of anilines is 1. The van der Waals surface area contributed by atoms with Crippen molar-refractivity contribution in [2.75, 3.05) is 5.32 Å². The largest absolute Gasteiger partial charge is 0.472 e. The van der Waals surface area contributed by atoms with E-state index in [0.29, 0.717) is 22.8 Å². The Morgan fingerprint density at radius 3 is 2.84 bits per heavy atom. The summed E-state index contributed by atoms with van der Waals surface area (Å²) in [5, 5.41) is 5.40. The Morgan fingerprint density at radius 2 is 2.12 bits per heavy atom. The molecule has 2 heterocycles. The molecule has 4 rings (SSSR count). The average Bonchev–Trinajstić information content (AvgIpc) is 3.13. The number of aromatic nitrogens is 1. The fourth-order valence-electron chi connectivity index (χ4n) is 2.52. The first kappa shape index (κ1) is 15.4. The zero-order chi connectivity index (χ0) is 17.4. The number of nitrogens with zero attached hydrogens (tertiary/aromatic N) is 1. The Kier molecular flexibility index (Phi) is 3.76. The molecule has 0 spiro atoms. The number of nitrogens with one attached hydrogen (secondary N) is 2. The molecule has 7 nitrogen and oxygen atoms in total. The van der Waals surface area contributed by atoms with Gasteiger partial charge >= 0.3 is 0 Å². The average molecular weight is 339 g/mol.